The van der Waals surface area contributed by atoms with Gasteiger partial charge in [0.25, 0.3) is 0 Å². The van der Waals surface area contributed by atoms with Crippen molar-refractivity contribution in [3.63, 3.8) is 0 Å². The van der Waals surface area contributed by atoms with E-state index < -0.39 is 0 Å². The Morgan fingerprint density at radius 2 is 0.925 bits per heavy atom. The fraction of sp³-hybridized carbons (Fsp3) is 0.529. The maximum atomic E-state index is 14.2. The first-order valence-electron chi connectivity index (χ1n) is 15.0. The van der Waals surface area contributed by atoms with E-state index in [0.717, 1.165) is 46.0 Å². The Morgan fingerprint density at radius 3 is 1.27 bits per heavy atom. The van der Waals surface area contributed by atoms with Gasteiger partial charge in [0.15, 0.2) is 0 Å². The first-order valence-corrected chi connectivity index (χ1v) is 16.6. The van der Waals surface area contributed by atoms with Crippen molar-refractivity contribution >= 4 is 54.8 Å². The first kappa shape index (κ1) is 31.0. The molecule has 0 N–H and O–H groups in total. The van der Waals surface area contributed by atoms with Crippen LogP contribution in [0, 0.1) is 11.8 Å². The SMILES string of the molecule is CC(C)CCCCC(C)N1/C(=C2\C(=O)c3ccc(Br)cc3N2C(C)CCCCC(C)C)C(=O)c2ccc(Br)cc21. The summed E-state index contributed by atoms with van der Waals surface area (Å²) in [5.41, 5.74) is 4.22. The standard InChI is InChI=1S/C34H44Br2N2O2/c1-21(2)11-7-9-13-23(5)37-29-19-25(35)15-17-27(29)33(39)31(37)32-34(40)28-18-16-26(36)20-30(28)38(32)24(6)14-10-8-12-22(3)4/h15-24H,7-14H2,1-6H3/b32-31+. The molecule has 0 amide bonds. The highest BCUT2D eigenvalue weighted by Crippen LogP contribution is 2.46. The van der Waals surface area contributed by atoms with Crippen LogP contribution in [-0.4, -0.2) is 23.7 Å². The Labute approximate surface area is 257 Å². The smallest absolute Gasteiger partial charge is 0.213 e. The van der Waals surface area contributed by atoms with Crippen molar-refractivity contribution in [2.45, 2.75) is 105 Å². The number of carbonyl (C=O) groups excluding carboxylic acids is 2. The van der Waals surface area contributed by atoms with Crippen LogP contribution >= 0.6 is 31.9 Å². The zero-order chi connectivity index (χ0) is 29.1. The summed E-state index contributed by atoms with van der Waals surface area (Å²) in [6.45, 7) is 13.4. The molecule has 216 valence electrons. The van der Waals surface area contributed by atoms with E-state index in [4.69, 9.17) is 0 Å². The number of rotatable bonds is 12. The Morgan fingerprint density at radius 1 is 0.575 bits per heavy atom. The number of unbranched alkanes of at least 4 members (excludes halogenated alkanes) is 2. The number of nitrogens with zero attached hydrogens (tertiary/aromatic N) is 2. The molecule has 4 rings (SSSR count). The molecular weight excluding hydrogens is 628 g/mol. The minimum Gasteiger partial charge on any atom is -0.333 e. The lowest BCUT2D eigenvalue weighted by molar-refractivity contribution is 0.100. The maximum absolute atomic E-state index is 14.2. The van der Waals surface area contributed by atoms with E-state index in [1.165, 1.54) is 25.7 Å². The summed E-state index contributed by atoms with van der Waals surface area (Å²) >= 11 is 7.26. The van der Waals surface area contributed by atoms with E-state index >= 15 is 0 Å². The number of carbonyl (C=O) groups is 2. The van der Waals surface area contributed by atoms with Gasteiger partial charge in [-0.3, -0.25) is 9.59 Å². The predicted molar refractivity (Wildman–Crippen MR) is 174 cm³/mol. The van der Waals surface area contributed by atoms with Gasteiger partial charge in [-0.2, -0.15) is 0 Å². The fourth-order valence-electron chi connectivity index (χ4n) is 6.11. The van der Waals surface area contributed by atoms with Crippen molar-refractivity contribution in [3.8, 4) is 0 Å². The van der Waals surface area contributed by atoms with Crippen molar-refractivity contribution in [1.29, 1.82) is 0 Å². The largest absolute Gasteiger partial charge is 0.333 e. The van der Waals surface area contributed by atoms with E-state index in [1.807, 2.05) is 36.4 Å². The zero-order valence-corrected chi connectivity index (χ0v) is 28.1. The molecule has 0 saturated heterocycles. The maximum Gasteiger partial charge on any atom is 0.213 e. The van der Waals surface area contributed by atoms with Crippen LogP contribution in [0.2, 0.25) is 0 Å². The Bertz CT molecular complexity index is 1190. The molecule has 0 aromatic heterocycles. The van der Waals surface area contributed by atoms with E-state index in [2.05, 4.69) is 83.2 Å². The number of allylic oxidation sites excluding steroid dienone is 2. The summed E-state index contributed by atoms with van der Waals surface area (Å²) in [5, 5.41) is 0. The second-order valence-electron chi connectivity index (χ2n) is 12.5. The summed E-state index contributed by atoms with van der Waals surface area (Å²) in [7, 11) is 0. The molecule has 2 aliphatic heterocycles. The third-order valence-corrected chi connectivity index (χ3v) is 9.24. The molecule has 2 aliphatic rings. The average Bonchev–Trinajstić information content (AvgIpc) is 3.33. The van der Waals surface area contributed by atoms with Gasteiger partial charge in [0.2, 0.25) is 11.6 Å². The van der Waals surface area contributed by atoms with Gasteiger partial charge in [-0.25, -0.2) is 0 Å². The number of hydrogen-bond acceptors (Lipinski definition) is 4. The van der Waals surface area contributed by atoms with Gasteiger partial charge >= 0.3 is 0 Å². The number of halogens is 2. The summed E-state index contributed by atoms with van der Waals surface area (Å²) in [6.07, 6.45) is 8.83. The lowest BCUT2D eigenvalue weighted by atomic mass is 10.0. The number of Topliss-reactive ketones (excluding diaryl/α,β-unsaturated/α-hetero) is 2. The Balaban J connectivity index is 1.79. The second-order valence-corrected chi connectivity index (χ2v) is 14.3. The van der Waals surface area contributed by atoms with Gasteiger partial charge in [0.1, 0.15) is 11.4 Å². The summed E-state index contributed by atoms with van der Waals surface area (Å²) in [5.74, 6) is 1.26. The molecule has 0 spiro atoms. The quantitative estimate of drug-likeness (QED) is 0.166. The first-order chi connectivity index (χ1) is 19.0. The van der Waals surface area contributed by atoms with E-state index in [-0.39, 0.29) is 23.7 Å². The van der Waals surface area contributed by atoms with Crippen LogP contribution in [0.1, 0.15) is 114 Å². The Kier molecular flexibility index (Phi) is 10.4. The highest BCUT2D eigenvalue weighted by atomic mass is 79.9. The summed E-state index contributed by atoms with van der Waals surface area (Å²) < 4.78 is 1.87. The minimum absolute atomic E-state index is 0.0521. The molecule has 0 fully saturated rings. The number of hydrogen-bond donors (Lipinski definition) is 0. The second kappa shape index (κ2) is 13.4. The van der Waals surface area contributed by atoms with Crippen molar-refractivity contribution in [2.75, 3.05) is 9.80 Å². The fourth-order valence-corrected chi connectivity index (χ4v) is 6.81. The van der Waals surface area contributed by atoms with Crippen LogP contribution in [0.3, 0.4) is 0 Å². The number of anilines is 2. The van der Waals surface area contributed by atoms with Gasteiger partial charge in [0.05, 0.1) is 11.4 Å². The molecule has 2 aromatic carbocycles. The molecule has 4 nitrogen and oxygen atoms in total. The molecule has 0 aliphatic carbocycles. The normalized spacial score (nSPS) is 18.2. The van der Waals surface area contributed by atoms with Crippen molar-refractivity contribution in [2.24, 2.45) is 11.8 Å². The van der Waals surface area contributed by atoms with Crippen LogP contribution in [0.15, 0.2) is 56.7 Å². The van der Waals surface area contributed by atoms with E-state index in [0.29, 0.717) is 34.4 Å². The minimum atomic E-state index is -0.0521. The van der Waals surface area contributed by atoms with Gasteiger partial charge in [-0.05, 0) is 74.9 Å². The number of benzene rings is 2. The van der Waals surface area contributed by atoms with Crippen molar-refractivity contribution < 1.29 is 9.59 Å². The molecule has 0 bridgehead atoms. The van der Waals surface area contributed by atoms with E-state index in [9.17, 15) is 9.59 Å². The van der Waals surface area contributed by atoms with Crippen LogP contribution < -0.4 is 9.80 Å². The molecule has 2 aromatic rings. The third-order valence-electron chi connectivity index (χ3n) is 8.25. The molecule has 2 unspecified atom stereocenters. The highest BCUT2D eigenvalue weighted by molar-refractivity contribution is 9.10. The lowest BCUT2D eigenvalue weighted by Crippen LogP contribution is -2.38. The average molecular weight is 673 g/mol. The van der Waals surface area contributed by atoms with Crippen molar-refractivity contribution in [1.82, 2.24) is 0 Å². The molecule has 0 radical (unpaired) electrons. The van der Waals surface area contributed by atoms with Gasteiger partial charge in [0, 0.05) is 32.2 Å². The van der Waals surface area contributed by atoms with Crippen LogP contribution in [0.25, 0.3) is 0 Å². The summed E-state index contributed by atoms with van der Waals surface area (Å²) in [6, 6.07) is 11.9. The molecule has 6 heteroatoms. The van der Waals surface area contributed by atoms with Crippen LogP contribution in [0.4, 0.5) is 11.4 Å². The number of fused-ring (bicyclic) bond motifs is 2. The topological polar surface area (TPSA) is 40.6 Å². The summed E-state index contributed by atoms with van der Waals surface area (Å²) in [4.78, 5) is 32.7. The van der Waals surface area contributed by atoms with Crippen molar-refractivity contribution in [3.05, 3.63) is 67.9 Å². The predicted octanol–water partition coefficient (Wildman–Crippen LogP) is 10.3. The van der Waals surface area contributed by atoms with Crippen LogP contribution in [-0.2, 0) is 0 Å². The van der Waals surface area contributed by atoms with Crippen LogP contribution in [0.5, 0.6) is 0 Å². The van der Waals surface area contributed by atoms with E-state index in [1.54, 1.807) is 0 Å². The molecule has 2 heterocycles. The molecule has 40 heavy (non-hydrogen) atoms. The molecular formula is C34H44Br2N2O2. The highest BCUT2D eigenvalue weighted by Gasteiger charge is 2.45. The molecule has 2 atom stereocenters. The zero-order valence-electron chi connectivity index (χ0n) is 24.9. The number of ketones is 2. The third kappa shape index (κ3) is 6.59. The molecule has 0 saturated carbocycles. The lowest BCUT2D eigenvalue weighted by Gasteiger charge is -2.33. The van der Waals surface area contributed by atoms with Gasteiger partial charge in [-0.15, -0.1) is 0 Å². The van der Waals surface area contributed by atoms with Gasteiger partial charge in [-0.1, -0.05) is 98.1 Å². The van der Waals surface area contributed by atoms with Gasteiger partial charge < -0.3 is 9.80 Å². The monoisotopic (exact) mass is 670 g/mol. The Hall–Kier alpha value is -1.92.